The summed E-state index contributed by atoms with van der Waals surface area (Å²) in [6.45, 7) is 6.11. The lowest BCUT2D eigenvalue weighted by molar-refractivity contribution is 0.493. The van der Waals surface area contributed by atoms with Gasteiger partial charge >= 0.3 is 0 Å². The Labute approximate surface area is 153 Å². The Bertz CT molecular complexity index is 859. The number of nitrogens with zero attached hydrogens (tertiary/aromatic N) is 7. The van der Waals surface area contributed by atoms with Crippen molar-refractivity contribution < 1.29 is 0 Å². The van der Waals surface area contributed by atoms with Gasteiger partial charge in [0.15, 0.2) is 5.82 Å². The lowest BCUT2D eigenvalue weighted by Crippen LogP contribution is -2.35. The van der Waals surface area contributed by atoms with Gasteiger partial charge in [-0.1, -0.05) is 13.8 Å². The van der Waals surface area contributed by atoms with E-state index in [1.54, 1.807) is 18.6 Å². The molecule has 3 aromatic rings. The SMILES string of the molecule is CC(C)c1nccn1-c1cncc([C@@H]2CCCN(c3ncccn3)C2)n1. The van der Waals surface area contributed by atoms with E-state index in [1.807, 2.05) is 29.2 Å². The van der Waals surface area contributed by atoms with E-state index in [4.69, 9.17) is 4.98 Å². The van der Waals surface area contributed by atoms with Crippen LogP contribution in [0.15, 0.2) is 43.2 Å². The third-order valence-corrected chi connectivity index (χ3v) is 4.75. The summed E-state index contributed by atoms with van der Waals surface area (Å²) in [5.74, 6) is 3.27. The first-order valence-corrected chi connectivity index (χ1v) is 9.10. The molecule has 1 atom stereocenters. The second kappa shape index (κ2) is 7.19. The van der Waals surface area contributed by atoms with E-state index in [1.165, 1.54) is 0 Å². The van der Waals surface area contributed by atoms with Crippen molar-refractivity contribution in [1.29, 1.82) is 0 Å². The van der Waals surface area contributed by atoms with Crippen molar-refractivity contribution >= 4 is 5.95 Å². The number of piperidine rings is 1. The van der Waals surface area contributed by atoms with Gasteiger partial charge in [0, 0.05) is 55.9 Å². The van der Waals surface area contributed by atoms with Crippen LogP contribution in [0.1, 0.15) is 50.0 Å². The number of hydrogen-bond donors (Lipinski definition) is 0. The van der Waals surface area contributed by atoms with Gasteiger partial charge in [0.25, 0.3) is 0 Å². The summed E-state index contributed by atoms with van der Waals surface area (Å²) in [5, 5.41) is 0. The second-order valence-corrected chi connectivity index (χ2v) is 6.95. The molecular formula is C19H23N7. The number of imidazole rings is 1. The Morgan fingerprint density at radius 3 is 2.73 bits per heavy atom. The predicted octanol–water partition coefficient (Wildman–Crippen LogP) is 2.96. The van der Waals surface area contributed by atoms with Crippen LogP contribution >= 0.6 is 0 Å². The zero-order chi connectivity index (χ0) is 17.9. The van der Waals surface area contributed by atoms with E-state index >= 15 is 0 Å². The van der Waals surface area contributed by atoms with E-state index in [-0.39, 0.29) is 0 Å². The van der Waals surface area contributed by atoms with Crippen LogP contribution in [0.4, 0.5) is 5.95 Å². The molecule has 26 heavy (non-hydrogen) atoms. The van der Waals surface area contributed by atoms with Crippen molar-refractivity contribution in [2.45, 2.75) is 38.5 Å². The molecule has 3 aromatic heterocycles. The van der Waals surface area contributed by atoms with Gasteiger partial charge < -0.3 is 4.90 Å². The molecule has 7 nitrogen and oxygen atoms in total. The summed E-state index contributed by atoms with van der Waals surface area (Å²) in [4.78, 5) is 24.8. The second-order valence-electron chi connectivity index (χ2n) is 6.95. The first kappa shape index (κ1) is 16.6. The first-order chi connectivity index (χ1) is 12.7. The molecule has 1 fully saturated rings. The maximum Gasteiger partial charge on any atom is 0.225 e. The van der Waals surface area contributed by atoms with Crippen LogP contribution in [0, 0.1) is 0 Å². The molecule has 0 saturated carbocycles. The highest BCUT2D eigenvalue weighted by Gasteiger charge is 2.24. The Balaban J connectivity index is 1.59. The highest BCUT2D eigenvalue weighted by Crippen LogP contribution is 2.27. The van der Waals surface area contributed by atoms with Crippen LogP contribution in [-0.2, 0) is 0 Å². The molecule has 134 valence electrons. The monoisotopic (exact) mass is 349 g/mol. The third kappa shape index (κ3) is 3.29. The zero-order valence-electron chi connectivity index (χ0n) is 15.2. The van der Waals surface area contributed by atoms with E-state index in [0.29, 0.717) is 11.8 Å². The van der Waals surface area contributed by atoms with Crippen LogP contribution in [-0.4, -0.2) is 42.6 Å². The van der Waals surface area contributed by atoms with Gasteiger partial charge in [-0.15, -0.1) is 0 Å². The lowest BCUT2D eigenvalue weighted by atomic mass is 9.95. The molecule has 0 amide bonds. The van der Waals surface area contributed by atoms with Crippen LogP contribution in [0.5, 0.6) is 0 Å². The lowest BCUT2D eigenvalue weighted by Gasteiger charge is -2.32. The van der Waals surface area contributed by atoms with Crippen molar-refractivity contribution in [3.63, 3.8) is 0 Å². The van der Waals surface area contributed by atoms with Gasteiger partial charge in [-0.2, -0.15) is 0 Å². The van der Waals surface area contributed by atoms with Crippen molar-refractivity contribution in [2.75, 3.05) is 18.0 Å². The molecule has 0 aromatic carbocycles. The molecular weight excluding hydrogens is 326 g/mol. The van der Waals surface area contributed by atoms with Gasteiger partial charge in [0.1, 0.15) is 5.82 Å². The molecule has 0 spiro atoms. The highest BCUT2D eigenvalue weighted by atomic mass is 15.3. The molecule has 1 saturated heterocycles. The molecule has 0 unspecified atom stereocenters. The van der Waals surface area contributed by atoms with Crippen molar-refractivity contribution in [3.8, 4) is 5.82 Å². The van der Waals surface area contributed by atoms with Gasteiger partial charge in [-0.25, -0.2) is 19.9 Å². The zero-order valence-corrected chi connectivity index (χ0v) is 15.2. The minimum Gasteiger partial charge on any atom is -0.340 e. The van der Waals surface area contributed by atoms with Gasteiger partial charge in [-0.05, 0) is 18.9 Å². The molecule has 4 heterocycles. The van der Waals surface area contributed by atoms with Crippen LogP contribution in [0.3, 0.4) is 0 Å². The topological polar surface area (TPSA) is 72.6 Å². The van der Waals surface area contributed by atoms with Crippen LogP contribution < -0.4 is 4.90 Å². The summed E-state index contributed by atoms with van der Waals surface area (Å²) < 4.78 is 2.03. The molecule has 0 radical (unpaired) electrons. The minimum absolute atomic E-state index is 0.325. The number of hydrogen-bond acceptors (Lipinski definition) is 6. The minimum atomic E-state index is 0.325. The fourth-order valence-corrected chi connectivity index (χ4v) is 3.47. The Hall–Kier alpha value is -2.83. The average molecular weight is 349 g/mol. The van der Waals surface area contributed by atoms with E-state index in [2.05, 4.69) is 38.7 Å². The van der Waals surface area contributed by atoms with E-state index in [0.717, 1.165) is 49.2 Å². The van der Waals surface area contributed by atoms with Crippen LogP contribution in [0.25, 0.3) is 5.82 Å². The highest BCUT2D eigenvalue weighted by molar-refractivity contribution is 5.32. The number of anilines is 1. The molecule has 0 aliphatic carbocycles. The Kier molecular flexibility index (Phi) is 4.60. The van der Waals surface area contributed by atoms with Crippen molar-refractivity contribution in [2.24, 2.45) is 0 Å². The molecule has 0 bridgehead atoms. The van der Waals surface area contributed by atoms with E-state index in [9.17, 15) is 0 Å². The first-order valence-electron chi connectivity index (χ1n) is 9.10. The van der Waals surface area contributed by atoms with Crippen molar-refractivity contribution in [1.82, 2.24) is 29.5 Å². The largest absolute Gasteiger partial charge is 0.340 e. The summed E-state index contributed by atoms with van der Waals surface area (Å²) in [7, 11) is 0. The standard InChI is InChI=1S/C19H23N7/c1-14(2)18-21-8-10-26(18)17-12-20-11-16(24-17)15-5-3-9-25(13-15)19-22-6-4-7-23-19/h4,6-8,10-12,14-15H,3,5,9,13H2,1-2H3/t15-/m1/s1. The van der Waals surface area contributed by atoms with Gasteiger partial charge in [-0.3, -0.25) is 9.55 Å². The molecule has 4 rings (SSSR count). The fourth-order valence-electron chi connectivity index (χ4n) is 3.47. The summed E-state index contributed by atoms with van der Waals surface area (Å²) in [6.07, 6.45) is 13.2. The maximum absolute atomic E-state index is 4.90. The summed E-state index contributed by atoms with van der Waals surface area (Å²) in [6, 6.07) is 1.84. The Morgan fingerprint density at radius 1 is 1.08 bits per heavy atom. The van der Waals surface area contributed by atoms with Gasteiger partial charge in [0.05, 0.1) is 11.9 Å². The summed E-state index contributed by atoms with van der Waals surface area (Å²) in [5.41, 5.74) is 1.02. The van der Waals surface area contributed by atoms with Gasteiger partial charge in [0.2, 0.25) is 5.95 Å². The molecule has 1 aliphatic heterocycles. The normalized spacial score (nSPS) is 17.7. The Morgan fingerprint density at radius 2 is 1.92 bits per heavy atom. The fraction of sp³-hybridized carbons (Fsp3) is 0.421. The summed E-state index contributed by atoms with van der Waals surface area (Å²) >= 11 is 0. The molecule has 1 aliphatic rings. The number of aromatic nitrogens is 6. The number of rotatable bonds is 4. The molecule has 7 heteroatoms. The smallest absolute Gasteiger partial charge is 0.225 e. The van der Waals surface area contributed by atoms with E-state index < -0.39 is 0 Å². The molecule has 0 N–H and O–H groups in total. The predicted molar refractivity (Wildman–Crippen MR) is 99.5 cm³/mol. The van der Waals surface area contributed by atoms with Crippen molar-refractivity contribution in [3.05, 3.63) is 54.8 Å². The quantitative estimate of drug-likeness (QED) is 0.721. The van der Waals surface area contributed by atoms with Crippen LogP contribution in [0.2, 0.25) is 0 Å². The third-order valence-electron chi connectivity index (χ3n) is 4.75. The average Bonchev–Trinajstić information content (AvgIpc) is 3.19. The maximum atomic E-state index is 4.90.